The number of Topliss-reactive ketones (excluding diaryl/α,β-unsaturated/α-hetero) is 1. The number of ketones is 1. The molecule has 0 radical (unpaired) electrons. The highest BCUT2D eigenvalue weighted by molar-refractivity contribution is 6.31. The van der Waals surface area contributed by atoms with Crippen LogP contribution in [0.3, 0.4) is 0 Å². The van der Waals surface area contributed by atoms with E-state index in [9.17, 15) is 9.18 Å². The Balaban J connectivity index is 2.25. The summed E-state index contributed by atoms with van der Waals surface area (Å²) in [5, 5.41) is 9.23. The van der Waals surface area contributed by atoms with Crippen LogP contribution >= 0.6 is 11.6 Å². The van der Waals surface area contributed by atoms with Gasteiger partial charge in [-0.25, -0.2) is 4.39 Å². The largest absolute Gasteiger partial charge is 0.488 e. The first-order chi connectivity index (χ1) is 10.0. The molecule has 0 unspecified atom stereocenters. The molecule has 0 saturated heterocycles. The van der Waals surface area contributed by atoms with Crippen LogP contribution in [-0.4, -0.2) is 5.78 Å². The Bertz CT molecular complexity index is 738. The lowest BCUT2D eigenvalue weighted by Crippen LogP contribution is -2.03. The minimum atomic E-state index is -0.465. The molecule has 0 bridgehead atoms. The molecule has 2 rings (SSSR count). The Morgan fingerprint density at radius 2 is 2.10 bits per heavy atom. The van der Waals surface area contributed by atoms with E-state index in [2.05, 4.69) is 0 Å². The van der Waals surface area contributed by atoms with Gasteiger partial charge in [0, 0.05) is 10.6 Å². The molecular weight excluding hydrogens is 293 g/mol. The minimum absolute atomic E-state index is 0.0801. The molecule has 2 aromatic rings. The first kappa shape index (κ1) is 15.0. The van der Waals surface area contributed by atoms with Gasteiger partial charge in [0.15, 0.2) is 5.78 Å². The number of nitriles is 1. The first-order valence-corrected chi connectivity index (χ1v) is 6.51. The molecule has 106 valence electrons. The van der Waals surface area contributed by atoms with Gasteiger partial charge in [-0.1, -0.05) is 11.6 Å². The van der Waals surface area contributed by atoms with E-state index in [4.69, 9.17) is 21.6 Å². The highest BCUT2D eigenvalue weighted by atomic mass is 35.5. The van der Waals surface area contributed by atoms with Crippen molar-refractivity contribution in [3.05, 3.63) is 63.9 Å². The smallest absolute Gasteiger partial charge is 0.163 e. The highest BCUT2D eigenvalue weighted by Gasteiger charge is 2.11. The maximum Gasteiger partial charge on any atom is 0.163 e. The molecule has 0 aliphatic heterocycles. The Kier molecular flexibility index (Phi) is 4.56. The molecular formula is C16H11ClFNO2. The Morgan fingerprint density at radius 1 is 1.33 bits per heavy atom. The van der Waals surface area contributed by atoms with E-state index in [1.165, 1.54) is 31.2 Å². The summed E-state index contributed by atoms with van der Waals surface area (Å²) in [6.07, 6.45) is 0. The predicted molar refractivity (Wildman–Crippen MR) is 76.9 cm³/mol. The van der Waals surface area contributed by atoms with E-state index in [0.29, 0.717) is 21.9 Å². The Labute approximate surface area is 126 Å². The van der Waals surface area contributed by atoms with Crippen LogP contribution in [0.15, 0.2) is 36.4 Å². The third kappa shape index (κ3) is 3.59. The average Bonchev–Trinajstić information content (AvgIpc) is 2.47. The molecule has 0 atom stereocenters. The van der Waals surface area contributed by atoms with E-state index < -0.39 is 5.82 Å². The van der Waals surface area contributed by atoms with Gasteiger partial charge in [0.05, 0.1) is 17.2 Å². The fourth-order valence-corrected chi connectivity index (χ4v) is 1.99. The number of hydrogen-bond acceptors (Lipinski definition) is 3. The SMILES string of the molecule is CC(=O)c1cc(Cl)ccc1OCc1cc(C#N)ccc1F. The van der Waals surface area contributed by atoms with Crippen molar-refractivity contribution in [3.8, 4) is 11.8 Å². The number of rotatable bonds is 4. The van der Waals surface area contributed by atoms with Gasteiger partial charge in [-0.3, -0.25) is 4.79 Å². The summed E-state index contributed by atoms with van der Waals surface area (Å²) in [6, 6.07) is 10.6. The molecule has 0 aromatic heterocycles. The van der Waals surface area contributed by atoms with Crippen LogP contribution in [0.25, 0.3) is 0 Å². The zero-order valence-electron chi connectivity index (χ0n) is 11.2. The van der Waals surface area contributed by atoms with Crippen molar-refractivity contribution in [1.82, 2.24) is 0 Å². The molecule has 2 aromatic carbocycles. The quantitative estimate of drug-likeness (QED) is 0.798. The fourth-order valence-electron chi connectivity index (χ4n) is 1.81. The topological polar surface area (TPSA) is 50.1 Å². The van der Waals surface area contributed by atoms with Crippen LogP contribution in [0.2, 0.25) is 5.02 Å². The zero-order chi connectivity index (χ0) is 15.4. The number of nitrogens with zero attached hydrogens (tertiary/aromatic N) is 1. The molecule has 21 heavy (non-hydrogen) atoms. The van der Waals surface area contributed by atoms with Gasteiger partial charge in [0.2, 0.25) is 0 Å². The van der Waals surface area contributed by atoms with Crippen molar-refractivity contribution in [2.75, 3.05) is 0 Å². The molecule has 0 saturated carbocycles. The maximum atomic E-state index is 13.7. The minimum Gasteiger partial charge on any atom is -0.488 e. The maximum absolute atomic E-state index is 13.7. The van der Waals surface area contributed by atoms with Crippen molar-refractivity contribution in [2.24, 2.45) is 0 Å². The van der Waals surface area contributed by atoms with Crippen LogP contribution in [0.4, 0.5) is 4.39 Å². The molecule has 5 heteroatoms. The third-order valence-corrected chi connectivity index (χ3v) is 3.11. The lowest BCUT2D eigenvalue weighted by Gasteiger charge is -2.11. The first-order valence-electron chi connectivity index (χ1n) is 6.13. The lowest BCUT2D eigenvalue weighted by molar-refractivity contribution is 0.101. The van der Waals surface area contributed by atoms with Crippen LogP contribution in [-0.2, 0) is 6.61 Å². The second-order valence-corrected chi connectivity index (χ2v) is 4.84. The normalized spacial score (nSPS) is 10.0. The number of carbonyl (C=O) groups is 1. The number of halogens is 2. The lowest BCUT2D eigenvalue weighted by atomic mass is 10.1. The van der Waals surface area contributed by atoms with E-state index in [1.54, 1.807) is 12.1 Å². The monoisotopic (exact) mass is 303 g/mol. The molecule has 0 aliphatic carbocycles. The third-order valence-electron chi connectivity index (χ3n) is 2.88. The highest BCUT2D eigenvalue weighted by Crippen LogP contribution is 2.24. The predicted octanol–water partition coefficient (Wildman–Crippen LogP) is 4.13. The van der Waals surface area contributed by atoms with Crippen molar-refractivity contribution in [3.63, 3.8) is 0 Å². The van der Waals surface area contributed by atoms with Gasteiger partial charge in [-0.05, 0) is 43.3 Å². The van der Waals surface area contributed by atoms with E-state index in [0.717, 1.165) is 0 Å². The van der Waals surface area contributed by atoms with Crippen molar-refractivity contribution < 1.29 is 13.9 Å². The van der Waals surface area contributed by atoms with Gasteiger partial charge in [-0.15, -0.1) is 0 Å². The molecule has 3 nitrogen and oxygen atoms in total. The Morgan fingerprint density at radius 3 is 2.76 bits per heavy atom. The molecule has 0 spiro atoms. The summed E-state index contributed by atoms with van der Waals surface area (Å²) in [6.45, 7) is 1.32. The average molecular weight is 304 g/mol. The van der Waals surface area contributed by atoms with Crippen LogP contribution in [0.5, 0.6) is 5.75 Å². The second-order valence-electron chi connectivity index (χ2n) is 4.40. The van der Waals surface area contributed by atoms with Crippen molar-refractivity contribution >= 4 is 17.4 Å². The number of ether oxygens (including phenoxy) is 1. The van der Waals surface area contributed by atoms with Crippen LogP contribution in [0, 0.1) is 17.1 Å². The number of carbonyl (C=O) groups excluding carboxylic acids is 1. The molecule has 0 amide bonds. The van der Waals surface area contributed by atoms with Gasteiger partial charge in [0.25, 0.3) is 0 Å². The van der Waals surface area contributed by atoms with Crippen molar-refractivity contribution in [2.45, 2.75) is 13.5 Å². The van der Waals surface area contributed by atoms with Crippen LogP contribution in [0.1, 0.15) is 28.4 Å². The molecule has 0 heterocycles. The summed E-state index contributed by atoms with van der Waals surface area (Å²) in [5.74, 6) is -0.334. The summed E-state index contributed by atoms with van der Waals surface area (Å²) in [4.78, 5) is 11.5. The van der Waals surface area contributed by atoms with Crippen molar-refractivity contribution in [1.29, 1.82) is 5.26 Å². The molecule has 0 N–H and O–H groups in total. The van der Waals surface area contributed by atoms with Gasteiger partial charge in [-0.2, -0.15) is 5.26 Å². The Hall–Kier alpha value is -2.38. The van der Waals surface area contributed by atoms with Gasteiger partial charge >= 0.3 is 0 Å². The van der Waals surface area contributed by atoms with E-state index >= 15 is 0 Å². The summed E-state index contributed by atoms with van der Waals surface area (Å²) in [7, 11) is 0. The standard InChI is InChI=1S/C16H11ClFNO2/c1-10(20)14-7-13(17)3-5-16(14)21-9-12-6-11(8-19)2-4-15(12)18/h2-7H,9H2,1H3. The number of hydrogen-bond donors (Lipinski definition) is 0. The van der Waals surface area contributed by atoms with E-state index in [1.807, 2.05) is 6.07 Å². The zero-order valence-corrected chi connectivity index (χ0v) is 11.9. The summed E-state index contributed by atoms with van der Waals surface area (Å²) in [5.41, 5.74) is 0.927. The molecule has 0 fully saturated rings. The van der Waals surface area contributed by atoms with Crippen LogP contribution < -0.4 is 4.74 Å². The fraction of sp³-hybridized carbons (Fsp3) is 0.125. The second kappa shape index (κ2) is 6.38. The van der Waals surface area contributed by atoms with Gasteiger partial charge < -0.3 is 4.74 Å². The van der Waals surface area contributed by atoms with Gasteiger partial charge in [0.1, 0.15) is 18.2 Å². The van der Waals surface area contributed by atoms with E-state index in [-0.39, 0.29) is 18.0 Å². The molecule has 0 aliphatic rings. The summed E-state index contributed by atoms with van der Waals surface area (Å²) >= 11 is 5.84. The summed E-state index contributed by atoms with van der Waals surface area (Å²) < 4.78 is 19.1. The number of benzene rings is 2.